The number of hydrogen-bond donors (Lipinski definition) is 0. The van der Waals surface area contributed by atoms with Crippen molar-refractivity contribution in [3.63, 3.8) is 0 Å². The van der Waals surface area contributed by atoms with E-state index in [-0.39, 0.29) is 24.4 Å². The summed E-state index contributed by atoms with van der Waals surface area (Å²) in [6.07, 6.45) is 3.16. The van der Waals surface area contributed by atoms with Crippen LogP contribution in [0, 0.1) is 12.8 Å². The molecule has 0 spiro atoms. The molecule has 2 aromatic rings. The summed E-state index contributed by atoms with van der Waals surface area (Å²) in [6.45, 7) is 4.39. The van der Waals surface area contributed by atoms with E-state index in [9.17, 15) is 14.4 Å². The Morgan fingerprint density at radius 2 is 1.90 bits per heavy atom. The van der Waals surface area contributed by atoms with Crippen LogP contribution < -0.4 is 0 Å². The molecule has 1 aliphatic heterocycles. The van der Waals surface area contributed by atoms with Crippen LogP contribution >= 0.6 is 0 Å². The van der Waals surface area contributed by atoms with E-state index in [1.807, 2.05) is 0 Å². The van der Waals surface area contributed by atoms with Gasteiger partial charge in [0.25, 0.3) is 11.6 Å². The van der Waals surface area contributed by atoms with Crippen LogP contribution in [-0.4, -0.2) is 59.2 Å². The normalized spacial score (nSPS) is 17.2. The Hall–Kier alpha value is -2.97. The summed E-state index contributed by atoms with van der Waals surface area (Å²) in [4.78, 5) is 43.1. The van der Waals surface area contributed by atoms with Gasteiger partial charge in [0, 0.05) is 24.7 Å². The fraction of sp³-hybridized carbons (Fsp3) is 0.571. The Balaban J connectivity index is 1.38. The third kappa shape index (κ3) is 4.15. The molecule has 0 bridgehead atoms. The van der Waals surface area contributed by atoms with E-state index >= 15 is 0 Å². The number of aryl methyl sites for hydroxylation is 1. The Morgan fingerprint density at radius 1 is 1.17 bits per heavy atom. The average Bonchev–Trinajstić information content (AvgIpc) is 3.54. The maximum Gasteiger partial charge on any atom is 0.339 e. The minimum atomic E-state index is -0.592. The van der Waals surface area contributed by atoms with Crippen LogP contribution in [0.15, 0.2) is 10.6 Å². The van der Waals surface area contributed by atoms with Crippen LogP contribution in [0.1, 0.15) is 60.3 Å². The molecule has 0 unspecified atom stereocenters. The number of piperidine rings is 1. The molecule has 0 aromatic carbocycles. The quantitative estimate of drug-likeness (QED) is 0.661. The number of carbonyl (C=O) groups is 3. The van der Waals surface area contributed by atoms with Gasteiger partial charge in [0.05, 0.1) is 29.2 Å². The first kappa shape index (κ1) is 20.3. The molecular weight excluding hydrogens is 390 g/mol. The molecule has 1 saturated heterocycles. The van der Waals surface area contributed by atoms with Crippen molar-refractivity contribution in [3.05, 3.63) is 23.0 Å². The zero-order valence-corrected chi connectivity index (χ0v) is 17.2. The van der Waals surface area contributed by atoms with Crippen molar-refractivity contribution < 1.29 is 28.4 Å². The van der Waals surface area contributed by atoms with Gasteiger partial charge in [-0.2, -0.15) is 0 Å². The maximum absolute atomic E-state index is 12.8. The number of nitrogens with zero attached hydrogens (tertiary/aromatic N) is 3. The lowest BCUT2D eigenvalue weighted by molar-refractivity contribution is -0.151. The van der Waals surface area contributed by atoms with Gasteiger partial charge in [-0.15, -0.1) is 0 Å². The lowest BCUT2D eigenvalue weighted by Crippen LogP contribution is -2.42. The van der Waals surface area contributed by atoms with E-state index < -0.39 is 5.97 Å². The molecule has 30 heavy (non-hydrogen) atoms. The van der Waals surface area contributed by atoms with Crippen LogP contribution in [0.25, 0.3) is 11.1 Å². The maximum atomic E-state index is 12.8. The van der Waals surface area contributed by atoms with Crippen LogP contribution in [0.5, 0.6) is 0 Å². The summed E-state index contributed by atoms with van der Waals surface area (Å²) in [6, 6.07) is 1.72. The molecular formula is C21H25N3O6. The third-order valence-electron chi connectivity index (χ3n) is 5.65. The van der Waals surface area contributed by atoms with Crippen LogP contribution in [-0.2, 0) is 19.1 Å². The van der Waals surface area contributed by atoms with E-state index in [4.69, 9.17) is 14.0 Å². The third-order valence-corrected chi connectivity index (χ3v) is 5.65. The smallest absolute Gasteiger partial charge is 0.339 e. The SMILES string of the molecule is CCOC(=O)C1CCN(C(=O)COC(=O)c2cc(C3CC3)nc3onc(C)c23)CC1. The van der Waals surface area contributed by atoms with Crippen molar-refractivity contribution >= 4 is 28.9 Å². The molecule has 0 radical (unpaired) electrons. The lowest BCUT2D eigenvalue weighted by atomic mass is 9.97. The highest BCUT2D eigenvalue weighted by Crippen LogP contribution is 2.40. The van der Waals surface area contributed by atoms with Crippen molar-refractivity contribution in [1.29, 1.82) is 0 Å². The fourth-order valence-electron chi connectivity index (χ4n) is 3.78. The van der Waals surface area contributed by atoms with Crippen molar-refractivity contribution in [3.8, 4) is 0 Å². The molecule has 9 nitrogen and oxygen atoms in total. The molecule has 160 valence electrons. The van der Waals surface area contributed by atoms with Gasteiger partial charge >= 0.3 is 11.9 Å². The number of pyridine rings is 1. The molecule has 1 aliphatic carbocycles. The standard InChI is InChI=1S/C21H25N3O6/c1-3-28-20(26)14-6-8-24(9-7-14)17(25)11-29-21(27)15-10-16(13-4-5-13)22-19-18(15)12(2)23-30-19/h10,13-14H,3-9,11H2,1-2H3. The summed E-state index contributed by atoms with van der Waals surface area (Å²) < 4.78 is 15.6. The van der Waals surface area contributed by atoms with Crippen molar-refractivity contribution in [2.75, 3.05) is 26.3 Å². The zero-order valence-electron chi connectivity index (χ0n) is 17.2. The van der Waals surface area contributed by atoms with Crippen LogP contribution in [0.2, 0.25) is 0 Å². The number of fused-ring (bicyclic) bond motifs is 1. The summed E-state index contributed by atoms with van der Waals surface area (Å²) in [5.41, 5.74) is 1.99. The summed E-state index contributed by atoms with van der Waals surface area (Å²) in [5, 5.41) is 4.43. The van der Waals surface area contributed by atoms with Crippen LogP contribution in [0.4, 0.5) is 0 Å². The van der Waals surface area contributed by atoms with Crippen molar-refractivity contribution in [1.82, 2.24) is 15.0 Å². The largest absolute Gasteiger partial charge is 0.466 e. The Morgan fingerprint density at radius 3 is 2.57 bits per heavy atom. The predicted molar refractivity (Wildman–Crippen MR) is 105 cm³/mol. The summed E-state index contributed by atoms with van der Waals surface area (Å²) in [7, 11) is 0. The molecule has 0 N–H and O–H groups in total. The second kappa shape index (κ2) is 8.41. The van der Waals surface area contributed by atoms with Crippen molar-refractivity contribution in [2.24, 2.45) is 5.92 Å². The van der Waals surface area contributed by atoms with Gasteiger partial charge in [0.2, 0.25) is 0 Å². The average molecular weight is 415 g/mol. The van der Waals surface area contributed by atoms with E-state index in [0.717, 1.165) is 18.5 Å². The molecule has 2 aromatic heterocycles. The number of aromatic nitrogens is 2. The Kier molecular flexibility index (Phi) is 5.69. The molecule has 3 heterocycles. The highest BCUT2D eigenvalue weighted by molar-refractivity contribution is 6.03. The van der Waals surface area contributed by atoms with E-state index in [1.54, 1.807) is 24.8 Å². The zero-order chi connectivity index (χ0) is 21.3. The van der Waals surface area contributed by atoms with E-state index in [1.165, 1.54) is 0 Å². The van der Waals surface area contributed by atoms with Gasteiger partial charge in [-0.3, -0.25) is 9.59 Å². The topological polar surface area (TPSA) is 112 Å². The van der Waals surface area contributed by atoms with Gasteiger partial charge < -0.3 is 18.9 Å². The number of esters is 2. The second-order valence-electron chi connectivity index (χ2n) is 7.80. The highest BCUT2D eigenvalue weighted by atomic mass is 16.5. The first-order valence-electron chi connectivity index (χ1n) is 10.4. The minimum Gasteiger partial charge on any atom is -0.466 e. The molecule has 2 fully saturated rings. The van der Waals surface area contributed by atoms with Gasteiger partial charge in [0.1, 0.15) is 0 Å². The molecule has 9 heteroatoms. The fourth-order valence-corrected chi connectivity index (χ4v) is 3.78. The minimum absolute atomic E-state index is 0.181. The second-order valence-corrected chi connectivity index (χ2v) is 7.80. The number of likely N-dealkylation sites (tertiary alicyclic amines) is 1. The number of rotatable bonds is 6. The number of carbonyl (C=O) groups excluding carboxylic acids is 3. The molecule has 1 saturated carbocycles. The predicted octanol–water partition coefficient (Wildman–Crippen LogP) is 2.37. The van der Waals surface area contributed by atoms with E-state index in [2.05, 4.69) is 10.1 Å². The number of amides is 1. The summed E-state index contributed by atoms with van der Waals surface area (Å²) in [5.74, 6) is -0.938. The highest BCUT2D eigenvalue weighted by Gasteiger charge is 2.31. The molecule has 1 amide bonds. The number of ether oxygens (including phenoxy) is 2. The van der Waals surface area contributed by atoms with Gasteiger partial charge in [-0.1, -0.05) is 5.16 Å². The molecule has 4 rings (SSSR count). The van der Waals surface area contributed by atoms with E-state index in [0.29, 0.717) is 60.8 Å². The lowest BCUT2D eigenvalue weighted by Gasteiger charge is -2.30. The monoisotopic (exact) mass is 415 g/mol. The first-order valence-corrected chi connectivity index (χ1v) is 10.4. The molecule has 0 atom stereocenters. The Labute approximate surface area is 173 Å². The van der Waals surface area contributed by atoms with Crippen molar-refractivity contribution in [2.45, 2.75) is 45.4 Å². The Bertz CT molecular complexity index is 973. The number of hydrogen-bond acceptors (Lipinski definition) is 8. The molecule has 2 aliphatic rings. The summed E-state index contributed by atoms with van der Waals surface area (Å²) >= 11 is 0. The van der Waals surface area contributed by atoms with Gasteiger partial charge in [-0.05, 0) is 45.6 Å². The van der Waals surface area contributed by atoms with Crippen LogP contribution in [0.3, 0.4) is 0 Å². The van der Waals surface area contributed by atoms with Gasteiger partial charge in [0.15, 0.2) is 6.61 Å². The van der Waals surface area contributed by atoms with Gasteiger partial charge in [-0.25, -0.2) is 9.78 Å². The first-order chi connectivity index (χ1) is 14.5.